The number of fused-ring (bicyclic) bond motifs is 1. The maximum atomic E-state index is 5.69. The van der Waals surface area contributed by atoms with E-state index in [1.54, 1.807) is 13.3 Å². The summed E-state index contributed by atoms with van der Waals surface area (Å²) in [5.41, 5.74) is 0.519. The molecule has 0 aliphatic rings. The Morgan fingerprint density at radius 1 is 1.44 bits per heavy atom. The molecule has 0 saturated carbocycles. The van der Waals surface area contributed by atoms with Crippen molar-refractivity contribution in [3.63, 3.8) is 0 Å². The standard InChI is InChI=1S/C12H16BrN3O2/c1-12(2,17-3)4-7-18-11-10-14-5-6-16(10)8-9(13)15-11/h5-6,8H,4,7H2,1-3H3. The van der Waals surface area contributed by atoms with Crippen LogP contribution in [0.1, 0.15) is 20.3 Å². The number of aromatic nitrogens is 3. The minimum absolute atomic E-state index is 0.197. The fourth-order valence-corrected chi connectivity index (χ4v) is 1.85. The van der Waals surface area contributed by atoms with Crippen molar-refractivity contribution >= 4 is 21.6 Å². The van der Waals surface area contributed by atoms with Gasteiger partial charge >= 0.3 is 0 Å². The summed E-state index contributed by atoms with van der Waals surface area (Å²) in [5.74, 6) is 0.529. The average molecular weight is 314 g/mol. The minimum atomic E-state index is -0.197. The highest BCUT2D eigenvalue weighted by molar-refractivity contribution is 9.10. The van der Waals surface area contributed by atoms with Gasteiger partial charge in [-0.3, -0.25) is 4.40 Å². The molecule has 0 aliphatic carbocycles. The molecule has 0 atom stereocenters. The molecule has 0 fully saturated rings. The fraction of sp³-hybridized carbons (Fsp3) is 0.500. The molecule has 0 aromatic carbocycles. The van der Waals surface area contributed by atoms with Crippen LogP contribution in [-0.2, 0) is 4.74 Å². The Bertz CT molecular complexity index is 539. The smallest absolute Gasteiger partial charge is 0.259 e. The monoisotopic (exact) mass is 313 g/mol. The van der Waals surface area contributed by atoms with Gasteiger partial charge in [-0.15, -0.1) is 0 Å². The Morgan fingerprint density at radius 2 is 2.22 bits per heavy atom. The molecule has 18 heavy (non-hydrogen) atoms. The topological polar surface area (TPSA) is 48.7 Å². The Hall–Kier alpha value is -1.14. The third-order valence-corrected chi connectivity index (χ3v) is 3.19. The van der Waals surface area contributed by atoms with Crippen LogP contribution in [0.25, 0.3) is 5.65 Å². The van der Waals surface area contributed by atoms with E-state index >= 15 is 0 Å². The van der Waals surface area contributed by atoms with Gasteiger partial charge in [0.15, 0.2) is 0 Å². The second kappa shape index (κ2) is 5.24. The molecule has 2 heterocycles. The van der Waals surface area contributed by atoms with Gasteiger partial charge in [-0.05, 0) is 29.8 Å². The molecule has 6 heteroatoms. The predicted octanol–water partition coefficient (Wildman–Crippen LogP) is 2.69. The number of nitrogens with zero attached hydrogens (tertiary/aromatic N) is 3. The summed E-state index contributed by atoms with van der Waals surface area (Å²) in [6.07, 6.45) is 6.20. The van der Waals surface area contributed by atoms with Crippen molar-refractivity contribution in [1.82, 2.24) is 14.4 Å². The zero-order valence-electron chi connectivity index (χ0n) is 10.7. The number of hydrogen-bond donors (Lipinski definition) is 0. The first kappa shape index (κ1) is 13.3. The molecule has 0 amide bonds. The molecule has 0 bridgehead atoms. The van der Waals surface area contributed by atoms with Crippen molar-refractivity contribution in [2.75, 3.05) is 13.7 Å². The van der Waals surface area contributed by atoms with Crippen LogP contribution in [0.2, 0.25) is 0 Å². The molecule has 2 aromatic rings. The van der Waals surface area contributed by atoms with E-state index in [1.807, 2.05) is 30.6 Å². The normalized spacial score (nSPS) is 12.0. The summed E-state index contributed by atoms with van der Waals surface area (Å²) in [6, 6.07) is 0. The molecule has 2 aromatic heterocycles. The van der Waals surface area contributed by atoms with Gasteiger partial charge in [-0.2, -0.15) is 0 Å². The van der Waals surface area contributed by atoms with Crippen molar-refractivity contribution < 1.29 is 9.47 Å². The third-order valence-electron chi connectivity index (χ3n) is 2.81. The lowest BCUT2D eigenvalue weighted by Crippen LogP contribution is -2.25. The van der Waals surface area contributed by atoms with Crippen LogP contribution in [-0.4, -0.2) is 33.7 Å². The Kier molecular flexibility index (Phi) is 3.87. The van der Waals surface area contributed by atoms with Gasteiger partial charge in [0.25, 0.3) is 5.88 Å². The molecular weight excluding hydrogens is 298 g/mol. The highest BCUT2D eigenvalue weighted by Crippen LogP contribution is 2.20. The van der Waals surface area contributed by atoms with Crippen LogP contribution in [0.4, 0.5) is 0 Å². The fourth-order valence-electron chi connectivity index (χ4n) is 1.47. The maximum Gasteiger partial charge on any atom is 0.259 e. The van der Waals surface area contributed by atoms with E-state index in [4.69, 9.17) is 9.47 Å². The van der Waals surface area contributed by atoms with Gasteiger partial charge in [0, 0.05) is 32.1 Å². The van der Waals surface area contributed by atoms with E-state index in [0.717, 1.165) is 6.42 Å². The van der Waals surface area contributed by atoms with Crippen LogP contribution in [0.15, 0.2) is 23.2 Å². The van der Waals surface area contributed by atoms with Crippen LogP contribution >= 0.6 is 15.9 Å². The highest BCUT2D eigenvalue weighted by Gasteiger charge is 2.17. The van der Waals surface area contributed by atoms with E-state index in [0.29, 0.717) is 22.7 Å². The van der Waals surface area contributed by atoms with E-state index in [1.165, 1.54) is 0 Å². The average Bonchev–Trinajstić information content (AvgIpc) is 2.76. The van der Waals surface area contributed by atoms with E-state index in [-0.39, 0.29) is 5.60 Å². The molecule has 0 unspecified atom stereocenters. The zero-order chi connectivity index (χ0) is 13.2. The number of ether oxygens (including phenoxy) is 2. The number of methoxy groups -OCH3 is 1. The number of imidazole rings is 1. The first-order valence-corrected chi connectivity index (χ1v) is 6.48. The maximum absolute atomic E-state index is 5.69. The molecule has 2 rings (SSSR count). The van der Waals surface area contributed by atoms with Crippen LogP contribution < -0.4 is 4.74 Å². The molecule has 0 radical (unpaired) electrons. The van der Waals surface area contributed by atoms with Gasteiger partial charge in [0.1, 0.15) is 4.60 Å². The summed E-state index contributed by atoms with van der Waals surface area (Å²) in [5, 5.41) is 0. The molecule has 0 saturated heterocycles. The summed E-state index contributed by atoms with van der Waals surface area (Å²) < 4.78 is 13.6. The minimum Gasteiger partial charge on any atom is -0.475 e. The summed E-state index contributed by atoms with van der Waals surface area (Å²) >= 11 is 3.35. The largest absolute Gasteiger partial charge is 0.475 e. The number of halogens is 1. The van der Waals surface area contributed by atoms with Crippen LogP contribution in [0, 0.1) is 0 Å². The molecular formula is C12H16BrN3O2. The van der Waals surface area contributed by atoms with E-state index < -0.39 is 0 Å². The van der Waals surface area contributed by atoms with Crippen molar-refractivity contribution in [3.05, 3.63) is 23.2 Å². The van der Waals surface area contributed by atoms with Gasteiger partial charge in [-0.1, -0.05) is 0 Å². The van der Waals surface area contributed by atoms with E-state index in [2.05, 4.69) is 25.9 Å². The lowest BCUT2D eigenvalue weighted by molar-refractivity contribution is 0.00516. The first-order chi connectivity index (χ1) is 8.52. The van der Waals surface area contributed by atoms with Gasteiger partial charge in [-0.25, -0.2) is 9.97 Å². The second-order valence-corrected chi connectivity index (χ2v) is 5.40. The van der Waals surface area contributed by atoms with Crippen molar-refractivity contribution in [1.29, 1.82) is 0 Å². The van der Waals surface area contributed by atoms with E-state index in [9.17, 15) is 0 Å². The zero-order valence-corrected chi connectivity index (χ0v) is 12.3. The lowest BCUT2D eigenvalue weighted by Gasteiger charge is -2.22. The number of hydrogen-bond acceptors (Lipinski definition) is 4. The van der Waals surface area contributed by atoms with Crippen molar-refractivity contribution in [2.24, 2.45) is 0 Å². The molecule has 0 N–H and O–H groups in total. The molecule has 0 spiro atoms. The summed E-state index contributed by atoms with van der Waals surface area (Å²) in [6.45, 7) is 4.58. The van der Waals surface area contributed by atoms with Gasteiger partial charge in [0.05, 0.1) is 12.2 Å². The first-order valence-electron chi connectivity index (χ1n) is 5.69. The van der Waals surface area contributed by atoms with Crippen LogP contribution in [0.3, 0.4) is 0 Å². The van der Waals surface area contributed by atoms with Crippen LogP contribution in [0.5, 0.6) is 5.88 Å². The van der Waals surface area contributed by atoms with Crippen molar-refractivity contribution in [2.45, 2.75) is 25.9 Å². The Morgan fingerprint density at radius 3 is 2.94 bits per heavy atom. The molecule has 5 nitrogen and oxygen atoms in total. The van der Waals surface area contributed by atoms with Crippen molar-refractivity contribution in [3.8, 4) is 5.88 Å². The Balaban J connectivity index is 2.10. The quantitative estimate of drug-likeness (QED) is 0.851. The third kappa shape index (κ3) is 3.00. The molecule has 0 aliphatic heterocycles. The molecule has 98 valence electrons. The van der Waals surface area contributed by atoms with Gasteiger partial charge in [0.2, 0.25) is 5.65 Å². The van der Waals surface area contributed by atoms with Gasteiger partial charge < -0.3 is 9.47 Å². The summed E-state index contributed by atoms with van der Waals surface area (Å²) in [4.78, 5) is 8.51. The number of rotatable bonds is 5. The highest BCUT2D eigenvalue weighted by atomic mass is 79.9. The second-order valence-electron chi connectivity index (χ2n) is 4.59. The lowest BCUT2D eigenvalue weighted by atomic mass is 10.1. The summed E-state index contributed by atoms with van der Waals surface area (Å²) in [7, 11) is 1.70. The SMILES string of the molecule is COC(C)(C)CCOc1nc(Br)cn2ccnc12. The Labute approximate surface area is 114 Å². The predicted molar refractivity (Wildman–Crippen MR) is 71.9 cm³/mol.